The van der Waals surface area contributed by atoms with Crippen molar-refractivity contribution >= 4 is 23.4 Å². The summed E-state index contributed by atoms with van der Waals surface area (Å²) in [6, 6.07) is 21.5. The SMILES string of the molecule is Cc1ccc(C)c(NC(=O)[C@@H](Sc2ccc(-n3nc(C)cc3C)nn2)c2ccccc2)c1. The average molecular weight is 444 g/mol. The van der Waals surface area contributed by atoms with Gasteiger partial charge in [0.1, 0.15) is 10.3 Å². The van der Waals surface area contributed by atoms with Crippen LogP contribution in [-0.4, -0.2) is 25.9 Å². The zero-order valence-electron chi connectivity index (χ0n) is 18.5. The third kappa shape index (κ3) is 4.89. The highest BCUT2D eigenvalue weighted by atomic mass is 32.2. The second-order valence-electron chi connectivity index (χ2n) is 7.78. The van der Waals surface area contributed by atoms with E-state index in [1.807, 2.05) is 94.4 Å². The number of thioether (sulfide) groups is 1. The summed E-state index contributed by atoms with van der Waals surface area (Å²) in [6.45, 7) is 7.93. The van der Waals surface area contributed by atoms with E-state index in [0.717, 1.165) is 33.8 Å². The Morgan fingerprint density at radius 1 is 0.938 bits per heavy atom. The fourth-order valence-corrected chi connectivity index (χ4v) is 4.38. The Hall–Kier alpha value is -3.45. The molecule has 0 aliphatic heterocycles. The van der Waals surface area contributed by atoms with Gasteiger partial charge in [-0.2, -0.15) is 5.10 Å². The number of hydrogen-bond acceptors (Lipinski definition) is 5. The van der Waals surface area contributed by atoms with Gasteiger partial charge in [-0.15, -0.1) is 10.2 Å². The van der Waals surface area contributed by atoms with Crippen molar-refractivity contribution in [2.45, 2.75) is 38.0 Å². The lowest BCUT2D eigenvalue weighted by molar-refractivity contribution is -0.115. The molecule has 2 heterocycles. The summed E-state index contributed by atoms with van der Waals surface area (Å²) in [5.41, 5.74) is 5.77. The van der Waals surface area contributed by atoms with E-state index in [0.29, 0.717) is 10.8 Å². The van der Waals surface area contributed by atoms with Crippen molar-refractivity contribution in [3.05, 3.63) is 94.8 Å². The molecule has 1 atom stereocenters. The van der Waals surface area contributed by atoms with E-state index in [-0.39, 0.29) is 5.91 Å². The minimum absolute atomic E-state index is 0.0978. The molecule has 0 radical (unpaired) electrons. The highest BCUT2D eigenvalue weighted by Gasteiger charge is 2.23. The van der Waals surface area contributed by atoms with E-state index in [2.05, 4.69) is 20.6 Å². The third-order valence-corrected chi connectivity index (χ3v) is 6.26. The molecule has 0 spiro atoms. The van der Waals surface area contributed by atoms with Crippen molar-refractivity contribution in [1.82, 2.24) is 20.0 Å². The summed E-state index contributed by atoms with van der Waals surface area (Å²) in [4.78, 5) is 13.3. The van der Waals surface area contributed by atoms with Crippen LogP contribution in [0.5, 0.6) is 0 Å². The Morgan fingerprint density at radius 2 is 1.72 bits per heavy atom. The Labute approximate surface area is 192 Å². The number of carbonyl (C=O) groups excluding carboxylic acids is 1. The normalized spacial score (nSPS) is 11.9. The van der Waals surface area contributed by atoms with Gasteiger partial charge in [0, 0.05) is 11.4 Å². The maximum absolute atomic E-state index is 13.3. The predicted molar refractivity (Wildman–Crippen MR) is 128 cm³/mol. The molecule has 1 N–H and O–H groups in total. The van der Waals surface area contributed by atoms with Crippen molar-refractivity contribution in [2.24, 2.45) is 0 Å². The Morgan fingerprint density at radius 3 is 2.38 bits per heavy atom. The first-order valence-electron chi connectivity index (χ1n) is 10.4. The van der Waals surface area contributed by atoms with Gasteiger partial charge in [0.15, 0.2) is 5.82 Å². The zero-order valence-corrected chi connectivity index (χ0v) is 19.4. The summed E-state index contributed by atoms with van der Waals surface area (Å²) >= 11 is 1.38. The van der Waals surface area contributed by atoms with Gasteiger partial charge < -0.3 is 5.32 Å². The molecule has 0 fully saturated rings. The number of nitrogens with zero attached hydrogens (tertiary/aromatic N) is 4. The first kappa shape index (κ1) is 21.8. The molecule has 0 saturated heterocycles. The Balaban J connectivity index is 1.59. The van der Waals surface area contributed by atoms with Crippen LogP contribution >= 0.6 is 11.8 Å². The number of carbonyl (C=O) groups is 1. The van der Waals surface area contributed by atoms with Crippen molar-refractivity contribution in [3.8, 4) is 5.82 Å². The number of rotatable bonds is 6. The molecule has 0 aliphatic carbocycles. The quantitative estimate of drug-likeness (QED) is 0.406. The minimum atomic E-state index is -0.468. The van der Waals surface area contributed by atoms with Crippen LogP contribution in [0.1, 0.15) is 33.3 Å². The average Bonchev–Trinajstić information content (AvgIpc) is 3.13. The Bertz CT molecular complexity index is 1240. The summed E-state index contributed by atoms with van der Waals surface area (Å²) in [5.74, 6) is 0.551. The molecule has 0 unspecified atom stereocenters. The molecule has 32 heavy (non-hydrogen) atoms. The number of anilines is 1. The largest absolute Gasteiger partial charge is 0.325 e. The highest BCUT2D eigenvalue weighted by molar-refractivity contribution is 8.00. The first-order valence-corrected chi connectivity index (χ1v) is 11.3. The lowest BCUT2D eigenvalue weighted by Gasteiger charge is -2.18. The van der Waals surface area contributed by atoms with Crippen molar-refractivity contribution in [1.29, 1.82) is 0 Å². The second-order valence-corrected chi connectivity index (χ2v) is 8.91. The molecule has 4 aromatic rings. The van der Waals surface area contributed by atoms with Gasteiger partial charge in [-0.05, 0) is 68.7 Å². The highest BCUT2D eigenvalue weighted by Crippen LogP contribution is 2.35. The Kier molecular flexibility index (Phi) is 6.37. The fraction of sp³-hybridized carbons (Fsp3) is 0.200. The molecule has 6 nitrogen and oxygen atoms in total. The van der Waals surface area contributed by atoms with Crippen LogP contribution in [0.15, 0.2) is 71.8 Å². The zero-order chi connectivity index (χ0) is 22.7. The van der Waals surface area contributed by atoms with E-state index in [1.165, 1.54) is 11.8 Å². The van der Waals surface area contributed by atoms with Gasteiger partial charge in [-0.25, -0.2) is 4.68 Å². The number of hydrogen-bond donors (Lipinski definition) is 1. The molecule has 1 amide bonds. The van der Waals surface area contributed by atoms with Crippen LogP contribution in [0, 0.1) is 27.7 Å². The molecule has 2 aromatic heterocycles. The lowest BCUT2D eigenvalue weighted by Crippen LogP contribution is -2.20. The van der Waals surface area contributed by atoms with Gasteiger partial charge in [0.2, 0.25) is 5.91 Å². The number of benzene rings is 2. The van der Waals surface area contributed by atoms with E-state index < -0.39 is 5.25 Å². The van der Waals surface area contributed by atoms with Gasteiger partial charge in [0.05, 0.1) is 5.69 Å². The minimum Gasteiger partial charge on any atom is -0.325 e. The van der Waals surface area contributed by atoms with Crippen LogP contribution < -0.4 is 5.32 Å². The van der Waals surface area contributed by atoms with Crippen molar-refractivity contribution < 1.29 is 4.79 Å². The molecule has 7 heteroatoms. The van der Waals surface area contributed by atoms with Crippen LogP contribution in [0.2, 0.25) is 0 Å². The smallest absolute Gasteiger partial charge is 0.242 e. The summed E-state index contributed by atoms with van der Waals surface area (Å²) < 4.78 is 1.76. The van der Waals surface area contributed by atoms with Gasteiger partial charge in [0.25, 0.3) is 0 Å². The molecule has 0 aliphatic rings. The molecular formula is C25H25N5OS. The van der Waals surface area contributed by atoms with Crippen molar-refractivity contribution in [3.63, 3.8) is 0 Å². The van der Waals surface area contributed by atoms with Crippen LogP contribution in [-0.2, 0) is 4.79 Å². The maximum Gasteiger partial charge on any atom is 0.242 e. The van der Waals surface area contributed by atoms with Gasteiger partial charge in [-0.3, -0.25) is 4.79 Å². The predicted octanol–water partition coefficient (Wildman–Crippen LogP) is 5.37. The first-order chi connectivity index (χ1) is 15.4. The molecular weight excluding hydrogens is 418 g/mol. The van der Waals surface area contributed by atoms with Crippen LogP contribution in [0.3, 0.4) is 0 Å². The molecule has 4 rings (SSSR count). The van der Waals surface area contributed by atoms with E-state index in [9.17, 15) is 4.79 Å². The van der Waals surface area contributed by atoms with E-state index >= 15 is 0 Å². The van der Waals surface area contributed by atoms with Gasteiger partial charge >= 0.3 is 0 Å². The monoisotopic (exact) mass is 443 g/mol. The number of aromatic nitrogens is 4. The van der Waals surface area contributed by atoms with Crippen molar-refractivity contribution in [2.75, 3.05) is 5.32 Å². The molecule has 0 bridgehead atoms. The van der Waals surface area contributed by atoms with E-state index in [1.54, 1.807) is 4.68 Å². The summed E-state index contributed by atoms with van der Waals surface area (Å²) in [6.07, 6.45) is 0. The number of nitrogens with one attached hydrogen (secondary N) is 1. The van der Waals surface area contributed by atoms with Crippen LogP contribution in [0.25, 0.3) is 5.82 Å². The molecule has 2 aromatic carbocycles. The number of aryl methyl sites for hydroxylation is 4. The summed E-state index contributed by atoms with van der Waals surface area (Å²) in [5, 5.41) is 16.4. The standard InChI is InChI=1S/C25H25N5OS/c1-16-10-11-17(2)21(14-16)26-25(31)24(20-8-6-5-7-9-20)32-23-13-12-22(27-28-23)30-19(4)15-18(3)29-30/h5-15,24H,1-4H3,(H,26,31)/t24-/m0/s1. The van der Waals surface area contributed by atoms with Crippen LogP contribution in [0.4, 0.5) is 5.69 Å². The third-order valence-electron chi connectivity index (χ3n) is 5.08. The maximum atomic E-state index is 13.3. The number of amides is 1. The fourth-order valence-electron chi connectivity index (χ4n) is 3.44. The molecule has 0 saturated carbocycles. The van der Waals surface area contributed by atoms with E-state index in [4.69, 9.17) is 0 Å². The summed E-state index contributed by atoms with van der Waals surface area (Å²) in [7, 11) is 0. The topological polar surface area (TPSA) is 72.7 Å². The lowest BCUT2D eigenvalue weighted by atomic mass is 10.1. The van der Waals surface area contributed by atoms with Gasteiger partial charge in [-0.1, -0.05) is 54.2 Å². The second kappa shape index (κ2) is 9.36. The molecule has 162 valence electrons.